The second kappa shape index (κ2) is 23.4. The summed E-state index contributed by atoms with van der Waals surface area (Å²) in [6, 6.07) is 17.0. The zero-order chi connectivity index (χ0) is 42.7. The molecule has 7 N–H and O–H groups in total. The second-order valence-electron chi connectivity index (χ2n) is 14.3. The number of hydrogen-bond acceptors (Lipinski definition) is 10. The monoisotopic (exact) mass is 806 g/mol. The maximum atomic E-state index is 14.4. The van der Waals surface area contributed by atoms with Gasteiger partial charge < -0.3 is 37.1 Å². The number of ether oxygens (including phenoxy) is 1. The molecule has 0 fully saturated rings. The Morgan fingerprint density at radius 2 is 1.46 bits per heavy atom. The van der Waals surface area contributed by atoms with Gasteiger partial charge in [-0.1, -0.05) is 61.5 Å². The summed E-state index contributed by atoms with van der Waals surface area (Å²) < 4.78 is 12.7. The van der Waals surface area contributed by atoms with E-state index in [0.29, 0.717) is 43.7 Å². The number of rotatable bonds is 25. The molecule has 0 saturated heterocycles. The van der Waals surface area contributed by atoms with Crippen molar-refractivity contribution >= 4 is 57.7 Å². The predicted molar refractivity (Wildman–Crippen MR) is 226 cm³/mol. The minimum Gasteiger partial charge on any atom is -0.497 e. The van der Waals surface area contributed by atoms with Gasteiger partial charge in [-0.05, 0) is 92.9 Å². The van der Waals surface area contributed by atoms with E-state index in [-0.39, 0.29) is 36.7 Å². The van der Waals surface area contributed by atoms with Crippen molar-refractivity contribution in [1.82, 2.24) is 26.6 Å². The molecule has 0 saturated carbocycles. The highest BCUT2D eigenvalue weighted by Gasteiger charge is 2.36. The predicted octanol–water partition coefficient (Wildman–Crippen LogP) is 3.39. The third kappa shape index (κ3) is 14.9. The van der Waals surface area contributed by atoms with Gasteiger partial charge in [-0.3, -0.25) is 28.8 Å². The number of Topliss-reactive ketones (excluding diaryl/α,β-unsaturated/α-hetero) is 2. The molecule has 14 heteroatoms. The minimum absolute atomic E-state index is 0.0915. The van der Waals surface area contributed by atoms with E-state index in [2.05, 4.69) is 26.6 Å². The number of ketones is 2. The van der Waals surface area contributed by atoms with Crippen LogP contribution >= 0.6 is 11.8 Å². The molecule has 4 amide bonds. The number of thioether (sulfide) groups is 1. The van der Waals surface area contributed by atoms with Crippen molar-refractivity contribution in [2.24, 2.45) is 5.73 Å². The van der Waals surface area contributed by atoms with E-state index >= 15 is 0 Å². The van der Waals surface area contributed by atoms with Gasteiger partial charge in [0.15, 0.2) is 11.6 Å². The van der Waals surface area contributed by atoms with E-state index < -0.39 is 60.1 Å². The lowest BCUT2D eigenvalue weighted by Crippen LogP contribution is -2.61. The second-order valence-corrected chi connectivity index (χ2v) is 15.5. The molecule has 0 aromatic heterocycles. The Morgan fingerprint density at radius 3 is 2.07 bits per heavy atom. The van der Waals surface area contributed by atoms with Gasteiger partial charge in [-0.15, -0.1) is 0 Å². The summed E-state index contributed by atoms with van der Waals surface area (Å²) >= 11 is 1.38. The Hall–Kier alpha value is -4.79. The quantitative estimate of drug-likeness (QED) is 0.0691. The third-order valence-corrected chi connectivity index (χ3v) is 10.9. The summed E-state index contributed by atoms with van der Waals surface area (Å²) in [6.07, 6.45) is 2.40. The van der Waals surface area contributed by atoms with Gasteiger partial charge in [0, 0.05) is 33.3 Å². The molecule has 3 rings (SSSR count). The lowest BCUT2D eigenvalue weighted by atomic mass is 9.87. The molecule has 310 valence electrons. The van der Waals surface area contributed by atoms with E-state index in [4.69, 9.17) is 11.8 Å². The van der Waals surface area contributed by atoms with Gasteiger partial charge in [0.2, 0.25) is 23.6 Å². The van der Waals surface area contributed by atoms with Gasteiger partial charge in [-0.2, -0.15) is 11.8 Å². The van der Waals surface area contributed by atoms with E-state index in [9.17, 15) is 28.8 Å². The number of nitrogens with two attached hydrogens (primary N) is 1. The molecule has 0 heterocycles. The van der Waals surface area contributed by atoms with E-state index in [0.717, 1.165) is 21.9 Å². The van der Waals surface area contributed by atoms with Crippen molar-refractivity contribution in [3.05, 3.63) is 77.9 Å². The fourth-order valence-corrected chi connectivity index (χ4v) is 7.58. The molecule has 0 aliphatic heterocycles. The molecule has 0 aliphatic carbocycles. The zero-order valence-electron chi connectivity index (χ0n) is 34.8. The van der Waals surface area contributed by atoms with E-state index in [1.807, 2.05) is 42.5 Å². The maximum absolute atomic E-state index is 14.4. The highest BCUT2D eigenvalue weighted by atomic mass is 32.2. The van der Waals surface area contributed by atoms with Crippen LogP contribution in [0.4, 0.5) is 0 Å². The first kappa shape index (κ1) is 44.9. The molecule has 57 heavy (non-hydrogen) atoms. The first-order valence-corrected chi connectivity index (χ1v) is 20.5. The summed E-state index contributed by atoms with van der Waals surface area (Å²) in [4.78, 5) is 79.5. The van der Waals surface area contributed by atoms with Gasteiger partial charge in [0.25, 0.3) is 0 Å². The minimum atomic E-state index is -1.18. The Morgan fingerprint density at radius 1 is 0.825 bits per heavy atom. The number of unbranched alkanes of at least 4 members (excludes halogenated alkanes) is 1. The normalized spacial score (nSPS) is 14.5. The van der Waals surface area contributed by atoms with Crippen molar-refractivity contribution in [2.45, 2.75) is 102 Å². The number of fused-ring (bicyclic) bond motifs is 1. The Kier molecular flexibility index (Phi) is 18.5. The van der Waals surface area contributed by atoms with Crippen LogP contribution in [0.2, 0.25) is 0 Å². The van der Waals surface area contributed by atoms with E-state index in [1.165, 1.54) is 18.7 Å². The molecule has 0 unspecified atom stereocenters. The van der Waals surface area contributed by atoms with Gasteiger partial charge in [-0.25, -0.2) is 0 Å². The van der Waals surface area contributed by atoms with E-state index in [1.54, 1.807) is 52.3 Å². The Labute approximate surface area is 342 Å². The number of benzene rings is 3. The lowest BCUT2D eigenvalue weighted by Gasteiger charge is -2.32. The molecule has 13 nitrogen and oxygen atoms in total. The standard InChI is InChI=1S/C43H60N6O7S/c1-7-39(52)43(4,21-10-11-22-44)49-42(55)37(26-31-14-17-32-12-8-9-13-33(32)24-31)48-40(53)36(25-30-15-18-34(56-6)19-16-30)47-41(54)38(45-5)27-57-23-20-35(28(2)50)46-29(3)51/h8-9,12-19,24,35-38,45H,7,10-11,20-23,25-27,44H2,1-6H3,(H,46,51)(H,47,54)(H,48,53)(H,49,55)/t35-,36-,37-,38-,43-/m0/s1/i2T. The SMILES string of the molecule is [3H]CC(=O)[C@H](CCSC[C@H](NC)C(=O)N[C@@H](Cc1ccc(OC)cc1)C(=O)N[C@@H](Cc1ccc2ccccc2c1)C(=O)N[C@@](C)(CCCCN)C(=O)CC)NC(C)=O. The summed E-state index contributed by atoms with van der Waals surface area (Å²) in [5.41, 5.74) is 6.08. The van der Waals surface area contributed by atoms with Crippen LogP contribution in [0.1, 0.15) is 72.3 Å². The van der Waals surface area contributed by atoms with Gasteiger partial charge >= 0.3 is 0 Å². The average Bonchev–Trinajstić information content (AvgIpc) is 3.22. The fourth-order valence-electron chi connectivity index (χ4n) is 6.46. The fraction of sp³-hybridized carbons (Fsp3) is 0.488. The van der Waals surface area contributed by atoms with Crippen LogP contribution in [0.15, 0.2) is 66.7 Å². The van der Waals surface area contributed by atoms with Crippen LogP contribution in [0.5, 0.6) is 5.75 Å². The zero-order valence-corrected chi connectivity index (χ0v) is 34.6. The van der Waals surface area contributed by atoms with Crippen molar-refractivity contribution in [3.8, 4) is 5.75 Å². The van der Waals surface area contributed by atoms with Crippen molar-refractivity contribution in [1.29, 1.82) is 0 Å². The Balaban J connectivity index is 1.90. The van der Waals surface area contributed by atoms with Crippen LogP contribution in [0, 0.1) is 0 Å². The topological polar surface area (TPSA) is 198 Å². The van der Waals surface area contributed by atoms with Crippen LogP contribution in [-0.4, -0.2) is 97.1 Å². The molecule has 3 aromatic rings. The number of carbonyl (C=O) groups excluding carboxylic acids is 6. The van der Waals surface area contributed by atoms with Crippen LogP contribution < -0.4 is 37.1 Å². The largest absolute Gasteiger partial charge is 0.497 e. The van der Waals surface area contributed by atoms with Crippen molar-refractivity contribution < 1.29 is 34.9 Å². The molecule has 0 bridgehead atoms. The summed E-state index contributed by atoms with van der Waals surface area (Å²) in [7, 11) is 3.17. The number of nitrogens with one attached hydrogen (secondary N) is 5. The first-order chi connectivity index (χ1) is 27.8. The van der Waals surface area contributed by atoms with Crippen LogP contribution in [-0.2, 0) is 41.6 Å². The molecule has 0 aliphatic rings. The third-order valence-electron chi connectivity index (χ3n) is 9.85. The summed E-state index contributed by atoms with van der Waals surface area (Å²) in [5.74, 6) is -1.15. The molecular weight excluding hydrogens is 745 g/mol. The molecule has 3 aromatic carbocycles. The van der Waals surface area contributed by atoms with Crippen molar-refractivity contribution in [2.75, 3.05) is 32.2 Å². The molecule has 5 atom stereocenters. The van der Waals surface area contributed by atoms with Crippen LogP contribution in [0.3, 0.4) is 0 Å². The average molecular weight is 807 g/mol. The van der Waals surface area contributed by atoms with Gasteiger partial charge in [0.05, 0.1) is 24.7 Å². The number of amides is 4. The number of carbonyl (C=O) groups is 6. The molecule has 0 radical (unpaired) electrons. The molecular formula is C43H60N6O7S. The Bertz CT molecular complexity index is 1850. The maximum Gasteiger partial charge on any atom is 0.243 e. The van der Waals surface area contributed by atoms with Crippen molar-refractivity contribution in [3.63, 3.8) is 0 Å². The lowest BCUT2D eigenvalue weighted by molar-refractivity contribution is -0.135. The number of hydrogen-bond donors (Lipinski definition) is 6. The smallest absolute Gasteiger partial charge is 0.243 e. The molecule has 0 spiro atoms. The summed E-state index contributed by atoms with van der Waals surface area (Å²) in [5, 5.41) is 16.4. The number of likely N-dealkylation sites (N-methyl/N-ethyl adjacent to an activating group) is 1. The van der Waals surface area contributed by atoms with Crippen LogP contribution in [0.25, 0.3) is 10.8 Å². The first-order valence-electron chi connectivity index (χ1n) is 20.1. The van der Waals surface area contributed by atoms with Gasteiger partial charge in [0.1, 0.15) is 17.8 Å². The highest BCUT2D eigenvalue weighted by Crippen LogP contribution is 2.21. The highest BCUT2D eigenvalue weighted by molar-refractivity contribution is 7.99. The number of methoxy groups -OCH3 is 1. The summed E-state index contributed by atoms with van der Waals surface area (Å²) in [6.45, 7) is 4.76.